The number of nitrogens with one attached hydrogen (secondary N) is 1. The van der Waals surface area contributed by atoms with E-state index in [0.717, 1.165) is 11.3 Å². The minimum absolute atomic E-state index is 0.0512. The van der Waals surface area contributed by atoms with Gasteiger partial charge in [-0.2, -0.15) is 5.26 Å². The molecule has 0 radical (unpaired) electrons. The van der Waals surface area contributed by atoms with E-state index in [1.165, 1.54) is 11.3 Å². The molecular weight excluding hydrogens is 389 g/mol. The standard InChI is InChI=1S/C19H15Cl2N3OS/c20-14-8-6-13(7-9-14)16(10-11-25-15-4-2-1-3-5-15)23-19-24-18(21)17(12-22)26-19/h1-9,16H,10-11H2,(H,23,24). The topological polar surface area (TPSA) is 57.9 Å². The molecule has 3 rings (SSSR count). The largest absolute Gasteiger partial charge is 0.494 e. The van der Waals surface area contributed by atoms with E-state index in [4.69, 9.17) is 33.2 Å². The van der Waals surface area contributed by atoms with Gasteiger partial charge in [0.2, 0.25) is 0 Å². The second-order valence-corrected chi connectivity index (χ2v) is 7.24. The smallest absolute Gasteiger partial charge is 0.185 e. The molecule has 26 heavy (non-hydrogen) atoms. The minimum atomic E-state index is -0.0512. The molecular formula is C19H15Cl2N3OS. The number of rotatable bonds is 7. The molecule has 0 bridgehead atoms. The van der Waals surface area contributed by atoms with E-state index in [9.17, 15) is 0 Å². The molecule has 3 aromatic rings. The van der Waals surface area contributed by atoms with Crippen LogP contribution in [0.5, 0.6) is 5.75 Å². The van der Waals surface area contributed by atoms with Gasteiger partial charge in [-0.3, -0.25) is 0 Å². The molecule has 0 fully saturated rings. The molecule has 1 atom stereocenters. The number of benzene rings is 2. The van der Waals surface area contributed by atoms with Crippen LogP contribution in [0.4, 0.5) is 5.13 Å². The molecule has 0 amide bonds. The van der Waals surface area contributed by atoms with Crippen molar-refractivity contribution >= 4 is 39.7 Å². The number of aromatic nitrogens is 1. The number of nitrogens with zero attached hydrogens (tertiary/aromatic N) is 2. The maximum absolute atomic E-state index is 9.05. The highest BCUT2D eigenvalue weighted by Crippen LogP contribution is 2.30. The van der Waals surface area contributed by atoms with Crippen LogP contribution in [-0.2, 0) is 0 Å². The molecule has 0 aliphatic rings. The van der Waals surface area contributed by atoms with Gasteiger partial charge >= 0.3 is 0 Å². The number of ether oxygens (including phenoxy) is 1. The molecule has 1 unspecified atom stereocenters. The summed E-state index contributed by atoms with van der Waals surface area (Å²) in [7, 11) is 0. The summed E-state index contributed by atoms with van der Waals surface area (Å²) < 4.78 is 5.81. The van der Waals surface area contributed by atoms with E-state index >= 15 is 0 Å². The Labute approximate surface area is 166 Å². The second kappa shape index (κ2) is 8.91. The number of thiazole rings is 1. The van der Waals surface area contributed by atoms with Gasteiger partial charge in [-0.25, -0.2) is 4.98 Å². The molecule has 0 aliphatic carbocycles. The molecule has 2 aromatic carbocycles. The Morgan fingerprint density at radius 1 is 1.12 bits per heavy atom. The Morgan fingerprint density at radius 2 is 1.85 bits per heavy atom. The zero-order valence-corrected chi connectivity index (χ0v) is 16.0. The number of hydrogen-bond donors (Lipinski definition) is 1. The normalized spacial score (nSPS) is 11.6. The first kappa shape index (κ1) is 18.5. The van der Waals surface area contributed by atoms with Crippen LogP contribution in [0, 0.1) is 11.3 Å². The maximum atomic E-state index is 9.05. The van der Waals surface area contributed by atoms with Gasteiger partial charge in [0.1, 0.15) is 16.7 Å². The molecule has 0 saturated carbocycles. The predicted molar refractivity (Wildman–Crippen MR) is 106 cm³/mol. The van der Waals surface area contributed by atoms with Crippen molar-refractivity contribution in [3.05, 3.63) is 75.2 Å². The number of hydrogen-bond acceptors (Lipinski definition) is 5. The van der Waals surface area contributed by atoms with Crippen molar-refractivity contribution in [3.63, 3.8) is 0 Å². The van der Waals surface area contributed by atoms with Gasteiger partial charge in [0.05, 0.1) is 12.6 Å². The molecule has 1 N–H and O–H groups in total. The first-order valence-electron chi connectivity index (χ1n) is 7.92. The molecule has 132 valence electrons. The lowest BCUT2D eigenvalue weighted by molar-refractivity contribution is 0.302. The Kier molecular flexibility index (Phi) is 6.35. The summed E-state index contributed by atoms with van der Waals surface area (Å²) >= 11 is 13.2. The van der Waals surface area contributed by atoms with Gasteiger partial charge in [0, 0.05) is 11.4 Å². The van der Waals surface area contributed by atoms with Crippen LogP contribution >= 0.6 is 34.5 Å². The lowest BCUT2D eigenvalue weighted by Gasteiger charge is -2.19. The van der Waals surface area contributed by atoms with Crippen molar-refractivity contribution < 1.29 is 4.74 Å². The Bertz CT molecular complexity index is 891. The zero-order valence-electron chi connectivity index (χ0n) is 13.7. The minimum Gasteiger partial charge on any atom is -0.494 e. The third kappa shape index (κ3) is 4.89. The Morgan fingerprint density at radius 3 is 2.50 bits per heavy atom. The van der Waals surface area contributed by atoms with E-state index in [2.05, 4.69) is 10.3 Å². The first-order valence-corrected chi connectivity index (χ1v) is 9.49. The van der Waals surface area contributed by atoms with Gasteiger partial charge in [-0.05, 0) is 29.8 Å². The van der Waals surface area contributed by atoms with E-state index in [1.807, 2.05) is 60.7 Å². The van der Waals surface area contributed by atoms with E-state index in [0.29, 0.717) is 28.1 Å². The highest BCUT2D eigenvalue weighted by atomic mass is 35.5. The van der Waals surface area contributed by atoms with Gasteiger partial charge in [-0.1, -0.05) is 64.9 Å². The number of halogens is 2. The van der Waals surface area contributed by atoms with Gasteiger partial charge in [0.15, 0.2) is 10.3 Å². The molecule has 0 saturated heterocycles. The fraction of sp³-hybridized carbons (Fsp3) is 0.158. The van der Waals surface area contributed by atoms with Crippen LogP contribution in [0.3, 0.4) is 0 Å². The summed E-state index contributed by atoms with van der Waals surface area (Å²) in [6.07, 6.45) is 0.704. The van der Waals surface area contributed by atoms with E-state index in [1.54, 1.807) is 0 Å². The Hall–Kier alpha value is -2.26. The van der Waals surface area contributed by atoms with Gasteiger partial charge in [0.25, 0.3) is 0 Å². The molecule has 4 nitrogen and oxygen atoms in total. The third-order valence-electron chi connectivity index (χ3n) is 3.68. The van der Waals surface area contributed by atoms with Crippen LogP contribution in [-0.4, -0.2) is 11.6 Å². The van der Waals surface area contributed by atoms with Crippen LogP contribution < -0.4 is 10.1 Å². The van der Waals surface area contributed by atoms with Crippen LogP contribution in [0.15, 0.2) is 54.6 Å². The molecule has 1 heterocycles. The average molecular weight is 404 g/mol. The zero-order chi connectivity index (χ0) is 18.4. The van der Waals surface area contributed by atoms with Crippen molar-refractivity contribution in [2.45, 2.75) is 12.5 Å². The second-order valence-electron chi connectivity index (χ2n) is 5.45. The lowest BCUT2D eigenvalue weighted by Crippen LogP contribution is -2.14. The fourth-order valence-corrected chi connectivity index (χ4v) is 3.54. The predicted octanol–water partition coefficient (Wildman–Crippen LogP) is 5.94. The number of anilines is 1. The highest BCUT2D eigenvalue weighted by molar-refractivity contribution is 7.16. The summed E-state index contributed by atoms with van der Waals surface area (Å²) in [5.41, 5.74) is 1.05. The monoisotopic (exact) mass is 403 g/mol. The van der Waals surface area contributed by atoms with Gasteiger partial charge in [-0.15, -0.1) is 0 Å². The summed E-state index contributed by atoms with van der Waals surface area (Å²) in [6.45, 7) is 0.522. The van der Waals surface area contributed by atoms with Crippen LogP contribution in [0.2, 0.25) is 10.2 Å². The summed E-state index contributed by atoms with van der Waals surface area (Å²) in [4.78, 5) is 4.61. The van der Waals surface area contributed by atoms with Crippen LogP contribution in [0.1, 0.15) is 22.9 Å². The average Bonchev–Trinajstić information content (AvgIpc) is 3.02. The summed E-state index contributed by atoms with van der Waals surface area (Å²) in [6, 6.07) is 19.3. The van der Waals surface area contributed by atoms with E-state index in [-0.39, 0.29) is 11.2 Å². The fourth-order valence-electron chi connectivity index (χ4n) is 2.41. The van der Waals surface area contributed by atoms with Crippen molar-refractivity contribution in [1.82, 2.24) is 4.98 Å². The molecule has 0 aliphatic heterocycles. The summed E-state index contributed by atoms with van der Waals surface area (Å²) in [5, 5.41) is 13.9. The van der Waals surface area contributed by atoms with Crippen molar-refractivity contribution in [2.24, 2.45) is 0 Å². The molecule has 0 spiro atoms. The first-order chi connectivity index (χ1) is 12.7. The summed E-state index contributed by atoms with van der Waals surface area (Å²) in [5.74, 6) is 0.825. The van der Waals surface area contributed by atoms with Crippen molar-refractivity contribution in [3.8, 4) is 11.8 Å². The quantitative estimate of drug-likeness (QED) is 0.529. The highest BCUT2D eigenvalue weighted by Gasteiger charge is 2.16. The van der Waals surface area contributed by atoms with Crippen molar-refractivity contribution in [2.75, 3.05) is 11.9 Å². The maximum Gasteiger partial charge on any atom is 0.185 e. The van der Waals surface area contributed by atoms with Gasteiger partial charge < -0.3 is 10.1 Å². The number of nitriles is 1. The SMILES string of the molecule is N#Cc1sc(NC(CCOc2ccccc2)c2ccc(Cl)cc2)nc1Cl. The molecule has 7 heteroatoms. The third-order valence-corrected chi connectivity index (χ3v) is 5.20. The van der Waals surface area contributed by atoms with Crippen LogP contribution in [0.25, 0.3) is 0 Å². The van der Waals surface area contributed by atoms with Crippen molar-refractivity contribution in [1.29, 1.82) is 5.26 Å². The Balaban J connectivity index is 1.72. The lowest BCUT2D eigenvalue weighted by atomic mass is 10.0. The molecule has 1 aromatic heterocycles. The number of para-hydroxylation sites is 1. The van der Waals surface area contributed by atoms with E-state index < -0.39 is 0 Å².